The van der Waals surface area contributed by atoms with E-state index in [9.17, 15) is 35.9 Å². The van der Waals surface area contributed by atoms with Crippen LogP contribution in [0, 0.1) is 0 Å². The SMILES string of the molecule is CCOC(=O)CCCCCCCCOCCCNC(=O)Nc1ccc(C(F)(F)F)c(C(F)(F)F)c1. The normalized spacial score (nSPS) is 11.9. The Kier molecular flexibility index (Phi) is 13.5. The topological polar surface area (TPSA) is 76.7 Å². The molecule has 0 aliphatic rings. The van der Waals surface area contributed by atoms with E-state index in [-0.39, 0.29) is 24.6 Å². The molecule has 0 saturated heterocycles. The van der Waals surface area contributed by atoms with Crippen molar-refractivity contribution in [1.29, 1.82) is 0 Å². The number of unbranched alkanes of at least 4 members (excludes halogenated alkanes) is 5. The highest BCUT2D eigenvalue weighted by molar-refractivity contribution is 5.89. The zero-order valence-electron chi connectivity index (χ0n) is 19.6. The van der Waals surface area contributed by atoms with Crippen LogP contribution in [0.4, 0.5) is 36.8 Å². The molecule has 35 heavy (non-hydrogen) atoms. The van der Waals surface area contributed by atoms with E-state index in [1.807, 2.05) is 0 Å². The lowest BCUT2D eigenvalue weighted by Gasteiger charge is -2.17. The number of hydrogen-bond acceptors (Lipinski definition) is 4. The molecule has 1 aromatic rings. The van der Waals surface area contributed by atoms with Gasteiger partial charge in [0.05, 0.1) is 17.7 Å². The fraction of sp³-hybridized carbons (Fsp3) is 0.652. The molecule has 200 valence electrons. The van der Waals surface area contributed by atoms with Gasteiger partial charge in [-0.3, -0.25) is 4.79 Å². The number of halogens is 6. The molecule has 12 heteroatoms. The average Bonchev–Trinajstić information content (AvgIpc) is 2.75. The summed E-state index contributed by atoms with van der Waals surface area (Å²) >= 11 is 0. The fourth-order valence-corrected chi connectivity index (χ4v) is 3.17. The number of anilines is 1. The van der Waals surface area contributed by atoms with Crippen LogP contribution >= 0.6 is 0 Å². The number of nitrogens with one attached hydrogen (secondary N) is 2. The summed E-state index contributed by atoms with van der Waals surface area (Å²) in [6.45, 7) is 3.29. The maximum Gasteiger partial charge on any atom is 0.417 e. The third-order valence-corrected chi connectivity index (χ3v) is 4.86. The standard InChI is InChI=1S/C23H32F6N2O4/c1-2-35-20(32)10-7-5-3-4-6-8-14-34-15-9-13-30-21(33)31-17-11-12-18(22(24,25)26)19(16-17)23(27,28)29/h11-12,16H,2-10,13-15H2,1H3,(H2,30,31,33). The highest BCUT2D eigenvalue weighted by Crippen LogP contribution is 2.41. The summed E-state index contributed by atoms with van der Waals surface area (Å²) in [7, 11) is 0. The van der Waals surface area contributed by atoms with E-state index < -0.39 is 35.2 Å². The van der Waals surface area contributed by atoms with E-state index in [0.29, 0.717) is 32.7 Å². The van der Waals surface area contributed by atoms with E-state index in [1.54, 1.807) is 6.92 Å². The number of carbonyl (C=O) groups excluding carboxylic acids is 2. The first kappa shape index (κ1) is 30.5. The second-order valence-electron chi connectivity index (χ2n) is 7.78. The molecule has 0 aliphatic carbocycles. The molecule has 0 saturated carbocycles. The van der Waals surface area contributed by atoms with Gasteiger partial charge in [0.1, 0.15) is 0 Å². The smallest absolute Gasteiger partial charge is 0.417 e. The Hall–Kier alpha value is -2.50. The molecule has 0 bridgehead atoms. The van der Waals surface area contributed by atoms with Gasteiger partial charge in [-0.15, -0.1) is 0 Å². The first-order chi connectivity index (χ1) is 16.4. The Labute approximate surface area is 200 Å². The third kappa shape index (κ3) is 13.2. The predicted molar refractivity (Wildman–Crippen MR) is 118 cm³/mol. The van der Waals surface area contributed by atoms with Gasteiger partial charge in [-0.2, -0.15) is 26.3 Å². The van der Waals surface area contributed by atoms with Crippen LogP contribution in [0.2, 0.25) is 0 Å². The summed E-state index contributed by atoms with van der Waals surface area (Å²) in [6.07, 6.45) is -3.76. The molecule has 6 nitrogen and oxygen atoms in total. The van der Waals surface area contributed by atoms with E-state index in [1.165, 1.54) is 0 Å². The molecule has 0 spiro atoms. The first-order valence-corrected chi connectivity index (χ1v) is 11.5. The van der Waals surface area contributed by atoms with Crippen molar-refractivity contribution in [2.24, 2.45) is 0 Å². The van der Waals surface area contributed by atoms with Gasteiger partial charge in [0.15, 0.2) is 0 Å². The summed E-state index contributed by atoms with van der Waals surface area (Å²) in [5.74, 6) is -0.164. The predicted octanol–water partition coefficient (Wildman–Crippen LogP) is 6.55. The van der Waals surface area contributed by atoms with Crippen molar-refractivity contribution in [3.05, 3.63) is 29.3 Å². The Balaban J connectivity index is 2.15. The number of benzene rings is 1. The van der Waals surface area contributed by atoms with Crippen LogP contribution in [-0.2, 0) is 26.6 Å². The van der Waals surface area contributed by atoms with E-state index in [4.69, 9.17) is 9.47 Å². The lowest BCUT2D eigenvalue weighted by Crippen LogP contribution is -2.30. The van der Waals surface area contributed by atoms with Crippen LogP contribution in [0.25, 0.3) is 0 Å². The van der Waals surface area contributed by atoms with E-state index >= 15 is 0 Å². The molecule has 1 aromatic carbocycles. The van der Waals surface area contributed by atoms with Crippen LogP contribution < -0.4 is 10.6 Å². The van der Waals surface area contributed by atoms with Crippen molar-refractivity contribution >= 4 is 17.7 Å². The number of hydrogen-bond donors (Lipinski definition) is 2. The Bertz CT molecular complexity index is 784. The number of carbonyl (C=O) groups is 2. The summed E-state index contributed by atoms with van der Waals surface area (Å²) < 4.78 is 87.6. The second-order valence-corrected chi connectivity index (χ2v) is 7.78. The molecule has 0 aromatic heterocycles. The lowest BCUT2D eigenvalue weighted by atomic mass is 10.1. The van der Waals surface area contributed by atoms with Crippen molar-refractivity contribution in [2.45, 2.75) is 70.6 Å². The average molecular weight is 515 g/mol. The summed E-state index contributed by atoms with van der Waals surface area (Å²) in [5.41, 5.74) is -4.09. The van der Waals surface area contributed by atoms with E-state index in [0.717, 1.165) is 44.6 Å². The summed E-state index contributed by atoms with van der Waals surface area (Å²) in [5, 5.41) is 4.52. The molecular weight excluding hydrogens is 482 g/mol. The summed E-state index contributed by atoms with van der Waals surface area (Å²) in [6, 6.07) is 0.476. The first-order valence-electron chi connectivity index (χ1n) is 11.5. The second kappa shape index (κ2) is 15.5. The van der Waals surface area contributed by atoms with Gasteiger partial charge in [0.2, 0.25) is 0 Å². The van der Waals surface area contributed by atoms with Crippen LogP contribution in [0.3, 0.4) is 0 Å². The highest BCUT2D eigenvalue weighted by Gasteiger charge is 2.43. The quantitative estimate of drug-likeness (QED) is 0.158. The van der Waals surface area contributed by atoms with Crippen LogP contribution in [0.1, 0.15) is 69.4 Å². The number of esters is 1. The number of rotatable bonds is 15. The maximum absolute atomic E-state index is 13.0. The van der Waals surface area contributed by atoms with Gasteiger partial charge < -0.3 is 20.1 Å². The zero-order valence-corrected chi connectivity index (χ0v) is 19.6. The number of ether oxygens (including phenoxy) is 2. The molecule has 0 radical (unpaired) electrons. The van der Waals surface area contributed by atoms with Crippen molar-refractivity contribution in [2.75, 3.05) is 31.7 Å². The lowest BCUT2D eigenvalue weighted by molar-refractivity contribution is -0.162. The molecule has 2 N–H and O–H groups in total. The van der Waals surface area contributed by atoms with Gasteiger partial charge in [-0.25, -0.2) is 4.79 Å². The molecule has 2 amide bonds. The van der Waals surface area contributed by atoms with Crippen LogP contribution in [0.15, 0.2) is 18.2 Å². The van der Waals surface area contributed by atoms with Crippen molar-refractivity contribution in [3.63, 3.8) is 0 Å². The van der Waals surface area contributed by atoms with Crippen LogP contribution in [-0.4, -0.2) is 38.4 Å². The summed E-state index contributed by atoms with van der Waals surface area (Å²) in [4.78, 5) is 23.0. The molecule has 0 unspecified atom stereocenters. The van der Waals surface area contributed by atoms with Gasteiger partial charge in [-0.05, 0) is 44.4 Å². The molecule has 0 aliphatic heterocycles. The minimum atomic E-state index is -5.22. The molecule has 1 rings (SSSR count). The van der Waals surface area contributed by atoms with Crippen molar-refractivity contribution in [3.8, 4) is 0 Å². The van der Waals surface area contributed by atoms with Gasteiger partial charge >= 0.3 is 24.4 Å². The number of alkyl halides is 6. The Morgan fingerprint density at radius 3 is 2.06 bits per heavy atom. The number of amides is 2. The number of urea groups is 1. The third-order valence-electron chi connectivity index (χ3n) is 4.86. The highest BCUT2D eigenvalue weighted by atomic mass is 19.4. The van der Waals surface area contributed by atoms with E-state index in [2.05, 4.69) is 10.6 Å². The largest absolute Gasteiger partial charge is 0.466 e. The van der Waals surface area contributed by atoms with Gasteiger partial charge in [-0.1, -0.05) is 25.7 Å². The molecule has 0 heterocycles. The molecule has 0 atom stereocenters. The Morgan fingerprint density at radius 1 is 0.829 bits per heavy atom. The van der Waals surface area contributed by atoms with Crippen LogP contribution in [0.5, 0.6) is 0 Å². The molecule has 0 fully saturated rings. The van der Waals surface area contributed by atoms with Crippen molar-refractivity contribution in [1.82, 2.24) is 5.32 Å². The monoisotopic (exact) mass is 514 g/mol. The van der Waals surface area contributed by atoms with Crippen molar-refractivity contribution < 1.29 is 45.4 Å². The maximum atomic E-state index is 13.0. The minimum absolute atomic E-state index is 0.164. The van der Waals surface area contributed by atoms with Gasteiger partial charge in [0, 0.05) is 31.9 Å². The van der Waals surface area contributed by atoms with Gasteiger partial charge in [0.25, 0.3) is 0 Å². The Morgan fingerprint density at radius 2 is 1.43 bits per heavy atom. The zero-order chi connectivity index (χ0) is 26.3. The minimum Gasteiger partial charge on any atom is -0.466 e. The molecular formula is C23H32F6N2O4. The fourth-order valence-electron chi connectivity index (χ4n) is 3.17.